The minimum absolute atomic E-state index is 0.566. The van der Waals surface area contributed by atoms with Gasteiger partial charge in [0.2, 0.25) is 11.9 Å². The molecule has 56 heavy (non-hydrogen) atoms. The molecule has 0 fully saturated rings. The van der Waals surface area contributed by atoms with Crippen LogP contribution < -0.4 is 0 Å². The van der Waals surface area contributed by atoms with Crippen molar-refractivity contribution in [2.45, 2.75) is 0 Å². The maximum Gasteiger partial charge on any atom is 0.240 e. The Morgan fingerprint density at radius 2 is 0.571 bits per heavy atom. The molecule has 8 aromatic carbocycles. The number of benzene rings is 8. The molecule has 0 aliphatic heterocycles. The van der Waals surface area contributed by atoms with Crippen LogP contribution in [0.2, 0.25) is 0 Å². The van der Waals surface area contributed by atoms with E-state index in [4.69, 9.17) is 15.0 Å². The van der Waals surface area contributed by atoms with Gasteiger partial charge in [0.25, 0.3) is 0 Å². The summed E-state index contributed by atoms with van der Waals surface area (Å²) in [7, 11) is 0. The van der Waals surface area contributed by atoms with Crippen LogP contribution in [-0.4, -0.2) is 24.1 Å². The predicted molar refractivity (Wildman–Crippen MR) is 230 cm³/mol. The minimum atomic E-state index is 0.566. The van der Waals surface area contributed by atoms with E-state index in [1.807, 2.05) is 0 Å². The Labute approximate surface area is 323 Å². The van der Waals surface area contributed by atoms with Crippen LogP contribution >= 0.6 is 0 Å². The lowest BCUT2D eigenvalue weighted by Crippen LogP contribution is -2.10. The third kappa shape index (κ3) is 5.29. The summed E-state index contributed by atoms with van der Waals surface area (Å²) in [5.74, 6) is 1.73. The van der Waals surface area contributed by atoms with Crippen molar-refractivity contribution in [1.29, 1.82) is 0 Å². The van der Waals surface area contributed by atoms with Crippen LogP contribution in [0.3, 0.4) is 0 Å². The standard InChI is InChI=1S/C51H33N5/c1-2-14-34(15-3-1)37-16-12-17-38(32-37)35-28-30-36(31-29-35)39-18-13-19-40(33-39)49-52-50(55-45-24-8-4-20-41(45)42-21-5-9-25-46(42)55)54-51(53-49)56-47-26-10-6-22-43(47)44-23-7-11-27-48(44)56/h1-33H. The van der Waals surface area contributed by atoms with E-state index in [0.717, 1.165) is 60.3 Å². The molecule has 0 N–H and O–H groups in total. The van der Waals surface area contributed by atoms with E-state index >= 15 is 0 Å². The Bertz CT molecular complexity index is 3010. The lowest BCUT2D eigenvalue weighted by atomic mass is 9.96. The first-order valence-electron chi connectivity index (χ1n) is 18.9. The molecule has 0 amide bonds. The van der Waals surface area contributed by atoms with Gasteiger partial charge in [-0.3, -0.25) is 9.13 Å². The molecule has 0 radical (unpaired) electrons. The van der Waals surface area contributed by atoms with Gasteiger partial charge in [-0.15, -0.1) is 0 Å². The summed E-state index contributed by atoms with van der Waals surface area (Å²) < 4.78 is 4.34. The summed E-state index contributed by atoms with van der Waals surface area (Å²) in [6, 6.07) is 70.4. The first kappa shape index (κ1) is 31.9. The van der Waals surface area contributed by atoms with Crippen LogP contribution in [-0.2, 0) is 0 Å². The van der Waals surface area contributed by atoms with Crippen molar-refractivity contribution in [1.82, 2.24) is 24.1 Å². The molecule has 11 rings (SSSR count). The van der Waals surface area contributed by atoms with Gasteiger partial charge < -0.3 is 0 Å². The molecule has 3 heterocycles. The van der Waals surface area contributed by atoms with Crippen molar-refractivity contribution in [2.24, 2.45) is 0 Å². The van der Waals surface area contributed by atoms with Crippen LogP contribution in [0.4, 0.5) is 0 Å². The number of aromatic nitrogens is 5. The highest BCUT2D eigenvalue weighted by Crippen LogP contribution is 2.35. The fourth-order valence-electron chi connectivity index (χ4n) is 8.16. The summed E-state index contributed by atoms with van der Waals surface area (Å²) in [6.45, 7) is 0. The van der Waals surface area contributed by atoms with Crippen molar-refractivity contribution in [2.75, 3.05) is 0 Å². The van der Waals surface area contributed by atoms with Gasteiger partial charge in [-0.05, 0) is 69.8 Å². The normalized spacial score (nSPS) is 11.6. The highest BCUT2D eigenvalue weighted by Gasteiger charge is 2.20. The second kappa shape index (κ2) is 13.0. The average molecular weight is 716 g/mol. The number of rotatable bonds is 6. The Hall–Kier alpha value is -7.63. The molecule has 0 aliphatic carbocycles. The largest absolute Gasteiger partial charge is 0.278 e. The molecule has 0 aliphatic rings. The van der Waals surface area contributed by atoms with Crippen molar-refractivity contribution in [3.8, 4) is 56.7 Å². The number of fused-ring (bicyclic) bond motifs is 6. The van der Waals surface area contributed by atoms with Gasteiger partial charge >= 0.3 is 0 Å². The molecule has 0 unspecified atom stereocenters. The van der Waals surface area contributed by atoms with Gasteiger partial charge in [-0.2, -0.15) is 15.0 Å². The predicted octanol–water partition coefficient (Wildman–Crippen LogP) is 12.7. The first-order chi connectivity index (χ1) is 27.8. The average Bonchev–Trinajstić information content (AvgIpc) is 3.80. The summed E-state index contributed by atoms with van der Waals surface area (Å²) >= 11 is 0. The SMILES string of the molecule is c1ccc(-c2cccc(-c3ccc(-c4cccc(-c5nc(-n6c7ccccc7c7ccccc76)nc(-n6c7ccccc7c7ccccc76)n5)c4)cc3)c2)cc1. The lowest BCUT2D eigenvalue weighted by molar-refractivity contribution is 0.893. The molecule has 3 aromatic heterocycles. The fraction of sp³-hybridized carbons (Fsp3) is 0. The number of nitrogens with zero attached hydrogens (tertiary/aromatic N) is 5. The Balaban J connectivity index is 1.07. The Kier molecular flexibility index (Phi) is 7.42. The Morgan fingerprint density at radius 1 is 0.250 bits per heavy atom. The van der Waals surface area contributed by atoms with E-state index in [-0.39, 0.29) is 0 Å². The molecule has 0 atom stereocenters. The molecule has 0 bridgehead atoms. The van der Waals surface area contributed by atoms with Gasteiger partial charge in [0, 0.05) is 27.1 Å². The van der Waals surface area contributed by atoms with Crippen LogP contribution in [0.1, 0.15) is 0 Å². The quantitative estimate of drug-likeness (QED) is 0.172. The molecule has 11 aromatic rings. The molecule has 0 saturated heterocycles. The highest BCUT2D eigenvalue weighted by atomic mass is 15.3. The summed E-state index contributed by atoms with van der Waals surface area (Å²) in [5, 5.41) is 4.61. The van der Waals surface area contributed by atoms with E-state index in [9.17, 15) is 0 Å². The summed E-state index contributed by atoms with van der Waals surface area (Å²) in [4.78, 5) is 15.8. The van der Waals surface area contributed by atoms with E-state index in [1.165, 1.54) is 22.3 Å². The third-order valence-electron chi connectivity index (χ3n) is 10.8. The van der Waals surface area contributed by atoms with Gasteiger partial charge in [-0.1, -0.05) is 164 Å². The maximum atomic E-state index is 5.29. The molecule has 5 nitrogen and oxygen atoms in total. The van der Waals surface area contributed by atoms with Gasteiger partial charge in [-0.25, -0.2) is 0 Å². The Morgan fingerprint density at radius 3 is 1.00 bits per heavy atom. The van der Waals surface area contributed by atoms with Crippen molar-refractivity contribution in [3.05, 3.63) is 200 Å². The van der Waals surface area contributed by atoms with Gasteiger partial charge in [0.15, 0.2) is 5.82 Å². The van der Waals surface area contributed by atoms with E-state index in [1.54, 1.807) is 0 Å². The number of hydrogen-bond acceptors (Lipinski definition) is 3. The zero-order valence-electron chi connectivity index (χ0n) is 30.3. The fourth-order valence-corrected chi connectivity index (χ4v) is 8.16. The lowest BCUT2D eigenvalue weighted by Gasteiger charge is -2.13. The zero-order valence-corrected chi connectivity index (χ0v) is 30.3. The van der Waals surface area contributed by atoms with Crippen LogP contribution in [0, 0.1) is 0 Å². The topological polar surface area (TPSA) is 48.5 Å². The zero-order chi connectivity index (χ0) is 37.0. The minimum Gasteiger partial charge on any atom is -0.278 e. The second-order valence-corrected chi connectivity index (χ2v) is 14.1. The third-order valence-corrected chi connectivity index (χ3v) is 10.8. The molecular formula is C51H33N5. The van der Waals surface area contributed by atoms with E-state index in [0.29, 0.717) is 17.7 Å². The van der Waals surface area contributed by atoms with Crippen LogP contribution in [0.15, 0.2) is 200 Å². The smallest absolute Gasteiger partial charge is 0.240 e. The molecule has 0 saturated carbocycles. The molecular weight excluding hydrogens is 683 g/mol. The van der Waals surface area contributed by atoms with Crippen molar-refractivity contribution in [3.63, 3.8) is 0 Å². The summed E-state index contributed by atoms with van der Waals surface area (Å²) in [5.41, 5.74) is 12.1. The molecule has 5 heteroatoms. The highest BCUT2D eigenvalue weighted by molar-refractivity contribution is 6.10. The van der Waals surface area contributed by atoms with E-state index in [2.05, 4.69) is 209 Å². The van der Waals surface area contributed by atoms with Crippen molar-refractivity contribution < 1.29 is 0 Å². The van der Waals surface area contributed by atoms with Gasteiger partial charge in [0.1, 0.15) is 0 Å². The molecule has 0 spiro atoms. The van der Waals surface area contributed by atoms with Crippen LogP contribution in [0.25, 0.3) is 100 Å². The maximum absolute atomic E-state index is 5.29. The monoisotopic (exact) mass is 715 g/mol. The van der Waals surface area contributed by atoms with Crippen LogP contribution in [0.5, 0.6) is 0 Å². The second-order valence-electron chi connectivity index (χ2n) is 14.1. The number of para-hydroxylation sites is 4. The van der Waals surface area contributed by atoms with E-state index < -0.39 is 0 Å². The summed E-state index contributed by atoms with van der Waals surface area (Å²) in [6.07, 6.45) is 0. The van der Waals surface area contributed by atoms with Crippen molar-refractivity contribution >= 4 is 43.6 Å². The number of hydrogen-bond donors (Lipinski definition) is 0. The first-order valence-corrected chi connectivity index (χ1v) is 18.9. The van der Waals surface area contributed by atoms with Gasteiger partial charge in [0.05, 0.1) is 22.1 Å². The molecule has 262 valence electrons.